The van der Waals surface area contributed by atoms with Gasteiger partial charge in [-0.3, -0.25) is 0 Å². The van der Waals surface area contributed by atoms with E-state index in [2.05, 4.69) is 10.9 Å². The van der Waals surface area contributed by atoms with Crippen molar-refractivity contribution in [1.29, 1.82) is 0 Å². The lowest BCUT2D eigenvalue weighted by Crippen LogP contribution is -2.08. The third-order valence-electron chi connectivity index (χ3n) is 1.95. The maximum atomic E-state index is 12.8. The summed E-state index contributed by atoms with van der Waals surface area (Å²) in [4.78, 5) is 0. The highest BCUT2D eigenvalue weighted by Crippen LogP contribution is 2.10. The minimum atomic E-state index is -0.255. The van der Waals surface area contributed by atoms with Gasteiger partial charge in [0.15, 0.2) is 0 Å². The van der Waals surface area contributed by atoms with Crippen LogP contribution in [-0.4, -0.2) is 0 Å². The fraction of sp³-hybridized carbons (Fsp3) is 0. The largest absolute Gasteiger partial charge is 0.301 e. The Morgan fingerprint density at radius 1 is 0.733 bits per heavy atom. The first-order chi connectivity index (χ1) is 7.34. The quantitative estimate of drug-likeness (QED) is 0.746. The summed E-state index contributed by atoms with van der Waals surface area (Å²) in [6.45, 7) is 0. The molecule has 0 bridgehead atoms. The van der Waals surface area contributed by atoms with Crippen LogP contribution in [-0.2, 0) is 0 Å². The molecule has 0 radical (unpaired) electrons. The zero-order chi connectivity index (χ0) is 10.5. The zero-order valence-electron chi connectivity index (χ0n) is 8.07. The molecule has 2 nitrogen and oxygen atoms in total. The van der Waals surface area contributed by atoms with E-state index in [1.165, 1.54) is 12.1 Å². The SMILES string of the molecule is Fc1cccc(NNc2ccccc2)c1. The molecule has 0 unspecified atom stereocenters. The van der Waals surface area contributed by atoms with Gasteiger partial charge >= 0.3 is 0 Å². The summed E-state index contributed by atoms with van der Waals surface area (Å²) in [7, 11) is 0. The summed E-state index contributed by atoms with van der Waals surface area (Å²) in [6, 6.07) is 15.9. The van der Waals surface area contributed by atoms with Crippen LogP contribution in [0.1, 0.15) is 0 Å². The van der Waals surface area contributed by atoms with Gasteiger partial charge in [0.25, 0.3) is 0 Å². The van der Waals surface area contributed by atoms with Crippen LogP contribution in [0.3, 0.4) is 0 Å². The number of halogens is 1. The number of hydrazine groups is 1. The van der Waals surface area contributed by atoms with Crippen molar-refractivity contribution in [2.75, 3.05) is 10.9 Å². The van der Waals surface area contributed by atoms with Gasteiger partial charge in [0.1, 0.15) is 5.82 Å². The van der Waals surface area contributed by atoms with Crippen LogP contribution in [0.4, 0.5) is 15.8 Å². The van der Waals surface area contributed by atoms with E-state index in [0.29, 0.717) is 5.69 Å². The second kappa shape index (κ2) is 4.46. The van der Waals surface area contributed by atoms with Gasteiger partial charge in [-0.25, -0.2) is 4.39 Å². The highest BCUT2D eigenvalue weighted by molar-refractivity contribution is 5.52. The Kier molecular flexibility index (Phi) is 2.83. The Morgan fingerprint density at radius 2 is 1.40 bits per heavy atom. The number of hydrogen-bond donors (Lipinski definition) is 2. The molecule has 2 N–H and O–H groups in total. The molecule has 0 amide bonds. The third-order valence-corrected chi connectivity index (χ3v) is 1.95. The van der Waals surface area contributed by atoms with Crippen LogP contribution in [0, 0.1) is 5.82 Å². The van der Waals surface area contributed by atoms with Crippen molar-refractivity contribution in [1.82, 2.24) is 0 Å². The fourth-order valence-electron chi connectivity index (χ4n) is 1.23. The lowest BCUT2D eigenvalue weighted by molar-refractivity contribution is 0.628. The summed E-state index contributed by atoms with van der Waals surface area (Å²) < 4.78 is 12.8. The highest BCUT2D eigenvalue weighted by Gasteiger charge is 1.93. The molecule has 0 aliphatic rings. The topological polar surface area (TPSA) is 24.1 Å². The molecule has 15 heavy (non-hydrogen) atoms. The Balaban J connectivity index is 1.99. The molecule has 0 aliphatic carbocycles. The Bertz CT molecular complexity index is 429. The lowest BCUT2D eigenvalue weighted by Gasteiger charge is -2.09. The molecule has 0 saturated carbocycles. The number of hydrogen-bond acceptors (Lipinski definition) is 2. The van der Waals surface area contributed by atoms with Gasteiger partial charge < -0.3 is 10.9 Å². The summed E-state index contributed by atoms with van der Waals surface area (Å²) in [5.41, 5.74) is 7.51. The van der Waals surface area contributed by atoms with Crippen LogP contribution in [0.5, 0.6) is 0 Å². The average molecular weight is 202 g/mol. The summed E-state index contributed by atoms with van der Waals surface area (Å²) in [5.74, 6) is -0.255. The fourth-order valence-corrected chi connectivity index (χ4v) is 1.23. The molecule has 0 saturated heterocycles. The van der Waals surface area contributed by atoms with Crippen LogP contribution in [0.25, 0.3) is 0 Å². The molecule has 0 aromatic heterocycles. The minimum absolute atomic E-state index is 0.255. The first-order valence-corrected chi connectivity index (χ1v) is 4.67. The molecule has 2 aromatic rings. The van der Waals surface area contributed by atoms with Gasteiger partial charge in [0.05, 0.1) is 11.4 Å². The van der Waals surface area contributed by atoms with E-state index in [1.807, 2.05) is 30.3 Å². The van der Waals surface area contributed by atoms with E-state index in [1.54, 1.807) is 12.1 Å². The van der Waals surface area contributed by atoms with Crippen molar-refractivity contribution in [3.63, 3.8) is 0 Å². The van der Waals surface area contributed by atoms with Crippen LogP contribution < -0.4 is 10.9 Å². The molecular weight excluding hydrogens is 191 g/mol. The molecule has 0 fully saturated rings. The van der Waals surface area contributed by atoms with E-state index in [0.717, 1.165) is 5.69 Å². The molecular formula is C12H11FN2. The zero-order valence-corrected chi connectivity index (χ0v) is 8.07. The number of para-hydroxylation sites is 1. The van der Waals surface area contributed by atoms with Crippen LogP contribution in [0.15, 0.2) is 54.6 Å². The normalized spacial score (nSPS) is 9.67. The maximum absolute atomic E-state index is 12.8. The maximum Gasteiger partial charge on any atom is 0.125 e. The Labute approximate surface area is 87.7 Å². The van der Waals surface area contributed by atoms with E-state index in [9.17, 15) is 4.39 Å². The summed E-state index contributed by atoms with van der Waals surface area (Å²) in [5, 5.41) is 0. The van der Waals surface area contributed by atoms with Crippen molar-refractivity contribution < 1.29 is 4.39 Å². The summed E-state index contributed by atoms with van der Waals surface area (Å²) >= 11 is 0. The molecule has 0 atom stereocenters. The Hall–Kier alpha value is -2.03. The molecule has 76 valence electrons. The molecule has 0 spiro atoms. The standard InChI is InChI=1S/C12H11FN2/c13-10-5-4-8-12(9-10)15-14-11-6-2-1-3-7-11/h1-9,14-15H. The Morgan fingerprint density at radius 3 is 2.13 bits per heavy atom. The smallest absolute Gasteiger partial charge is 0.125 e. The third kappa shape index (κ3) is 2.71. The second-order valence-electron chi connectivity index (χ2n) is 3.13. The van der Waals surface area contributed by atoms with Crippen molar-refractivity contribution in [3.8, 4) is 0 Å². The average Bonchev–Trinajstić information content (AvgIpc) is 2.28. The van der Waals surface area contributed by atoms with Gasteiger partial charge in [-0.2, -0.15) is 0 Å². The van der Waals surface area contributed by atoms with Gasteiger partial charge in [-0.15, -0.1) is 0 Å². The van der Waals surface area contributed by atoms with E-state index in [-0.39, 0.29) is 5.82 Å². The summed E-state index contributed by atoms with van der Waals surface area (Å²) in [6.07, 6.45) is 0. The predicted octanol–water partition coefficient (Wildman–Crippen LogP) is 3.26. The molecule has 2 rings (SSSR count). The molecule has 2 aromatic carbocycles. The van der Waals surface area contributed by atoms with Gasteiger partial charge in [0.2, 0.25) is 0 Å². The van der Waals surface area contributed by atoms with Gasteiger partial charge in [-0.05, 0) is 30.3 Å². The molecule has 0 heterocycles. The molecule has 0 aliphatic heterocycles. The second-order valence-corrected chi connectivity index (χ2v) is 3.13. The van der Waals surface area contributed by atoms with Crippen molar-refractivity contribution in [2.24, 2.45) is 0 Å². The monoisotopic (exact) mass is 202 g/mol. The van der Waals surface area contributed by atoms with E-state index < -0.39 is 0 Å². The van der Waals surface area contributed by atoms with Crippen molar-refractivity contribution in [2.45, 2.75) is 0 Å². The highest BCUT2D eigenvalue weighted by atomic mass is 19.1. The van der Waals surface area contributed by atoms with Crippen LogP contribution >= 0.6 is 0 Å². The molecule has 3 heteroatoms. The van der Waals surface area contributed by atoms with Crippen molar-refractivity contribution in [3.05, 3.63) is 60.4 Å². The van der Waals surface area contributed by atoms with Crippen molar-refractivity contribution >= 4 is 11.4 Å². The van der Waals surface area contributed by atoms with E-state index in [4.69, 9.17) is 0 Å². The number of anilines is 2. The number of nitrogens with one attached hydrogen (secondary N) is 2. The number of benzene rings is 2. The minimum Gasteiger partial charge on any atom is -0.301 e. The van der Waals surface area contributed by atoms with E-state index >= 15 is 0 Å². The lowest BCUT2D eigenvalue weighted by atomic mass is 10.3. The van der Waals surface area contributed by atoms with Gasteiger partial charge in [0, 0.05) is 0 Å². The predicted molar refractivity (Wildman–Crippen MR) is 60.1 cm³/mol. The van der Waals surface area contributed by atoms with Gasteiger partial charge in [-0.1, -0.05) is 24.3 Å². The first kappa shape index (κ1) is 9.52. The number of rotatable bonds is 3. The first-order valence-electron chi connectivity index (χ1n) is 4.67. The van der Waals surface area contributed by atoms with Crippen LogP contribution in [0.2, 0.25) is 0 Å².